The van der Waals surface area contributed by atoms with Crippen molar-refractivity contribution >= 4 is 11.7 Å². The Kier molecular flexibility index (Phi) is 5.51. The van der Waals surface area contributed by atoms with E-state index in [1.807, 2.05) is 0 Å². The second kappa shape index (κ2) is 8.40. The van der Waals surface area contributed by atoms with Crippen LogP contribution < -0.4 is 21.1 Å². The first-order valence-electron chi connectivity index (χ1n) is 9.69. The van der Waals surface area contributed by atoms with E-state index in [2.05, 4.69) is 15.7 Å². The van der Waals surface area contributed by atoms with E-state index in [1.165, 1.54) is 16.8 Å². The van der Waals surface area contributed by atoms with Crippen LogP contribution in [0.3, 0.4) is 0 Å². The largest absolute Gasteiger partial charge is 0.497 e. The lowest BCUT2D eigenvalue weighted by molar-refractivity contribution is 0.251. The average molecular weight is 411 g/mol. The molecule has 9 heteroatoms. The standard InChI is InChI=1S/C21H22FN5O3/c1-30-18-10-6-16(7-11-18)24-20(28)23-12-13-26-21(29)27(17-8-9-17)19(25-26)14-2-4-15(22)5-3-14/h2-7,10-11,17H,8-9,12-13H2,1H3,(H2,23,24,28). The molecule has 1 heterocycles. The minimum Gasteiger partial charge on any atom is -0.497 e. The normalized spacial score (nSPS) is 13.1. The maximum Gasteiger partial charge on any atom is 0.346 e. The van der Waals surface area contributed by atoms with E-state index in [9.17, 15) is 14.0 Å². The number of nitrogens with one attached hydrogen (secondary N) is 2. The molecule has 2 aromatic carbocycles. The predicted octanol–water partition coefficient (Wildman–Crippen LogP) is 3.02. The van der Waals surface area contributed by atoms with Gasteiger partial charge in [0.15, 0.2) is 5.82 Å². The minimum atomic E-state index is -0.381. The van der Waals surface area contributed by atoms with Crippen LogP contribution >= 0.6 is 0 Å². The molecule has 1 aromatic heterocycles. The SMILES string of the molecule is COc1ccc(NC(=O)NCCn2nc(-c3ccc(F)cc3)n(C3CC3)c2=O)cc1. The van der Waals surface area contributed by atoms with Crippen molar-refractivity contribution in [3.63, 3.8) is 0 Å². The number of amides is 2. The van der Waals surface area contributed by atoms with Gasteiger partial charge in [-0.05, 0) is 61.4 Å². The molecule has 3 aromatic rings. The Hall–Kier alpha value is -3.62. The molecule has 0 atom stereocenters. The maximum absolute atomic E-state index is 13.2. The number of aromatic nitrogens is 3. The second-order valence-corrected chi connectivity index (χ2v) is 7.05. The molecule has 0 aliphatic heterocycles. The first-order chi connectivity index (χ1) is 14.5. The zero-order chi connectivity index (χ0) is 21.1. The topological polar surface area (TPSA) is 90.2 Å². The molecule has 1 saturated carbocycles. The fraction of sp³-hybridized carbons (Fsp3) is 0.286. The highest BCUT2D eigenvalue weighted by atomic mass is 19.1. The lowest BCUT2D eigenvalue weighted by atomic mass is 10.2. The van der Waals surface area contributed by atoms with E-state index in [0.29, 0.717) is 22.8 Å². The summed E-state index contributed by atoms with van der Waals surface area (Å²) in [5, 5.41) is 9.86. The number of carbonyl (C=O) groups is 1. The molecule has 30 heavy (non-hydrogen) atoms. The molecule has 8 nitrogen and oxygen atoms in total. The minimum absolute atomic E-state index is 0.123. The van der Waals surface area contributed by atoms with E-state index in [1.54, 1.807) is 48.1 Å². The first kappa shape index (κ1) is 19.7. The summed E-state index contributed by atoms with van der Waals surface area (Å²) in [5.74, 6) is 0.874. The smallest absolute Gasteiger partial charge is 0.346 e. The molecule has 1 aliphatic rings. The number of rotatable bonds is 7. The van der Waals surface area contributed by atoms with Crippen LogP contribution in [-0.4, -0.2) is 34.0 Å². The van der Waals surface area contributed by atoms with Crippen LogP contribution in [0.25, 0.3) is 11.4 Å². The van der Waals surface area contributed by atoms with E-state index in [0.717, 1.165) is 12.8 Å². The zero-order valence-electron chi connectivity index (χ0n) is 16.5. The van der Waals surface area contributed by atoms with Gasteiger partial charge in [0.05, 0.1) is 13.7 Å². The van der Waals surface area contributed by atoms with Crippen molar-refractivity contribution in [1.82, 2.24) is 19.7 Å². The Labute approximate surface area is 172 Å². The van der Waals surface area contributed by atoms with Crippen LogP contribution in [0.15, 0.2) is 53.3 Å². The van der Waals surface area contributed by atoms with Crippen molar-refractivity contribution in [3.8, 4) is 17.1 Å². The molecule has 0 radical (unpaired) electrons. The van der Waals surface area contributed by atoms with Gasteiger partial charge in [-0.25, -0.2) is 18.7 Å². The molecule has 0 bridgehead atoms. The molecule has 1 fully saturated rings. The van der Waals surface area contributed by atoms with Gasteiger partial charge in [-0.15, -0.1) is 5.10 Å². The van der Waals surface area contributed by atoms with Crippen molar-refractivity contribution < 1.29 is 13.9 Å². The number of benzene rings is 2. The molecule has 156 valence electrons. The van der Waals surface area contributed by atoms with Gasteiger partial charge in [0, 0.05) is 23.8 Å². The number of methoxy groups -OCH3 is 1. The molecule has 4 rings (SSSR count). The number of hydrogen-bond donors (Lipinski definition) is 2. The quantitative estimate of drug-likeness (QED) is 0.625. The molecule has 0 spiro atoms. The number of anilines is 1. The summed E-state index contributed by atoms with van der Waals surface area (Å²) in [6.07, 6.45) is 1.84. The molecule has 0 unspecified atom stereocenters. The third-order valence-electron chi connectivity index (χ3n) is 4.84. The predicted molar refractivity (Wildman–Crippen MR) is 110 cm³/mol. The number of nitrogens with zero attached hydrogens (tertiary/aromatic N) is 3. The van der Waals surface area contributed by atoms with Crippen molar-refractivity contribution in [1.29, 1.82) is 0 Å². The van der Waals surface area contributed by atoms with E-state index >= 15 is 0 Å². The van der Waals surface area contributed by atoms with Crippen molar-refractivity contribution in [2.24, 2.45) is 0 Å². The molecular formula is C21H22FN5O3. The zero-order valence-corrected chi connectivity index (χ0v) is 16.5. The van der Waals surface area contributed by atoms with Crippen molar-refractivity contribution in [2.45, 2.75) is 25.4 Å². The fourth-order valence-corrected chi connectivity index (χ4v) is 3.15. The maximum atomic E-state index is 13.2. The Balaban J connectivity index is 1.41. The second-order valence-electron chi connectivity index (χ2n) is 7.05. The van der Waals surface area contributed by atoms with Crippen LogP contribution in [-0.2, 0) is 6.54 Å². The van der Waals surface area contributed by atoms with Crippen LogP contribution in [0.2, 0.25) is 0 Å². The number of halogens is 1. The third-order valence-corrected chi connectivity index (χ3v) is 4.84. The number of urea groups is 1. The van der Waals surface area contributed by atoms with Crippen molar-refractivity contribution in [2.75, 3.05) is 19.0 Å². The Bertz CT molecular complexity index is 1090. The lowest BCUT2D eigenvalue weighted by Gasteiger charge is -2.08. The van der Waals surface area contributed by atoms with Gasteiger partial charge in [-0.2, -0.15) is 0 Å². The molecule has 2 N–H and O–H groups in total. The van der Waals surface area contributed by atoms with Gasteiger partial charge in [-0.3, -0.25) is 4.57 Å². The molecule has 0 saturated heterocycles. The summed E-state index contributed by atoms with van der Waals surface area (Å²) in [4.78, 5) is 24.9. The highest BCUT2D eigenvalue weighted by Gasteiger charge is 2.30. The highest BCUT2D eigenvalue weighted by molar-refractivity contribution is 5.89. The summed E-state index contributed by atoms with van der Waals surface area (Å²) in [7, 11) is 1.57. The summed E-state index contributed by atoms with van der Waals surface area (Å²) < 4.78 is 21.3. The molecule has 2 amide bonds. The summed E-state index contributed by atoms with van der Waals surface area (Å²) >= 11 is 0. The monoisotopic (exact) mass is 411 g/mol. The molecule has 1 aliphatic carbocycles. The number of ether oxygens (including phenoxy) is 1. The van der Waals surface area contributed by atoms with Crippen molar-refractivity contribution in [3.05, 3.63) is 64.8 Å². The highest BCUT2D eigenvalue weighted by Crippen LogP contribution is 2.36. The third kappa shape index (κ3) is 4.35. The van der Waals surface area contributed by atoms with Crippen LogP contribution in [0.5, 0.6) is 5.75 Å². The van der Waals surface area contributed by atoms with E-state index < -0.39 is 0 Å². The first-order valence-corrected chi connectivity index (χ1v) is 9.69. The Morgan fingerprint density at radius 3 is 2.50 bits per heavy atom. The van der Waals surface area contributed by atoms with Gasteiger partial charge < -0.3 is 15.4 Å². The number of carbonyl (C=O) groups excluding carboxylic acids is 1. The van der Waals surface area contributed by atoms with Gasteiger partial charge in [0.25, 0.3) is 0 Å². The van der Waals surface area contributed by atoms with Crippen LogP contribution in [0, 0.1) is 5.82 Å². The summed E-state index contributed by atoms with van der Waals surface area (Å²) in [5.41, 5.74) is 1.08. The lowest BCUT2D eigenvalue weighted by Crippen LogP contribution is -2.34. The Morgan fingerprint density at radius 1 is 1.17 bits per heavy atom. The van der Waals surface area contributed by atoms with Crippen LogP contribution in [0.1, 0.15) is 18.9 Å². The van der Waals surface area contributed by atoms with Crippen LogP contribution in [0.4, 0.5) is 14.9 Å². The number of hydrogen-bond acceptors (Lipinski definition) is 4. The van der Waals surface area contributed by atoms with E-state index in [-0.39, 0.29) is 36.7 Å². The Morgan fingerprint density at radius 2 is 1.87 bits per heavy atom. The average Bonchev–Trinajstić information content (AvgIpc) is 3.53. The van der Waals surface area contributed by atoms with E-state index in [4.69, 9.17) is 4.74 Å². The van der Waals surface area contributed by atoms with Gasteiger partial charge >= 0.3 is 11.7 Å². The summed E-state index contributed by atoms with van der Waals surface area (Å²) in [6, 6.07) is 12.6. The van der Waals surface area contributed by atoms with Gasteiger partial charge in [-0.1, -0.05) is 0 Å². The fourth-order valence-electron chi connectivity index (χ4n) is 3.15. The van der Waals surface area contributed by atoms with Gasteiger partial charge in [0.2, 0.25) is 0 Å². The summed E-state index contributed by atoms with van der Waals surface area (Å²) in [6.45, 7) is 0.454. The molecular weight excluding hydrogens is 389 g/mol. The van der Waals surface area contributed by atoms with Gasteiger partial charge in [0.1, 0.15) is 11.6 Å².